The molecule has 0 bridgehead atoms. The van der Waals surface area contributed by atoms with Crippen molar-refractivity contribution in [2.75, 3.05) is 36.5 Å². The lowest BCUT2D eigenvalue weighted by Crippen LogP contribution is -2.36. The molecule has 1 aliphatic rings. The molecule has 3 rings (SSSR count). The lowest BCUT2D eigenvalue weighted by molar-refractivity contribution is 0.122. The van der Waals surface area contributed by atoms with Crippen molar-refractivity contribution in [3.8, 4) is 5.75 Å². The Hall–Kier alpha value is -2.20. The number of nitrogens with zero attached hydrogens (tertiary/aromatic N) is 1. The van der Waals surface area contributed by atoms with Crippen LogP contribution < -0.4 is 10.2 Å². The van der Waals surface area contributed by atoms with Gasteiger partial charge in [0.15, 0.2) is 0 Å². The zero-order chi connectivity index (χ0) is 14.5. The number of rotatable bonds is 4. The Bertz CT molecular complexity index is 578. The molecule has 0 spiro atoms. The zero-order valence-corrected chi connectivity index (χ0v) is 12.0. The normalized spacial score (nSPS) is 15.0. The summed E-state index contributed by atoms with van der Waals surface area (Å²) in [5.41, 5.74) is 3.18. The second kappa shape index (κ2) is 6.50. The fraction of sp³-hybridized carbons (Fsp3) is 0.294. The fourth-order valence-corrected chi connectivity index (χ4v) is 2.47. The van der Waals surface area contributed by atoms with E-state index in [0.29, 0.717) is 12.3 Å². The van der Waals surface area contributed by atoms with Crippen LogP contribution in [-0.2, 0) is 11.3 Å². The first-order chi connectivity index (χ1) is 10.3. The molecular formula is C17H20N2O2. The van der Waals surface area contributed by atoms with E-state index in [1.54, 1.807) is 6.07 Å². The molecule has 4 heteroatoms. The minimum absolute atomic E-state index is 0.329. The summed E-state index contributed by atoms with van der Waals surface area (Å²) in [7, 11) is 0. The van der Waals surface area contributed by atoms with Crippen LogP contribution in [0.2, 0.25) is 0 Å². The van der Waals surface area contributed by atoms with E-state index in [0.717, 1.165) is 37.6 Å². The van der Waals surface area contributed by atoms with Gasteiger partial charge in [-0.05, 0) is 30.3 Å². The average Bonchev–Trinajstić information content (AvgIpc) is 2.55. The molecule has 2 N–H and O–H groups in total. The van der Waals surface area contributed by atoms with Gasteiger partial charge in [-0.15, -0.1) is 0 Å². The summed E-state index contributed by atoms with van der Waals surface area (Å²) in [6.45, 7) is 4.11. The Balaban J connectivity index is 1.60. The van der Waals surface area contributed by atoms with Gasteiger partial charge in [-0.25, -0.2) is 0 Å². The molecule has 21 heavy (non-hydrogen) atoms. The molecule has 0 aliphatic carbocycles. The van der Waals surface area contributed by atoms with Gasteiger partial charge >= 0.3 is 0 Å². The molecule has 4 nitrogen and oxygen atoms in total. The van der Waals surface area contributed by atoms with E-state index in [4.69, 9.17) is 4.74 Å². The number of phenolic OH excluding ortho intramolecular Hbond substituents is 1. The lowest BCUT2D eigenvalue weighted by Gasteiger charge is -2.28. The van der Waals surface area contributed by atoms with Gasteiger partial charge in [-0.1, -0.05) is 18.2 Å². The van der Waals surface area contributed by atoms with Crippen molar-refractivity contribution < 1.29 is 9.84 Å². The van der Waals surface area contributed by atoms with Crippen molar-refractivity contribution in [1.82, 2.24) is 0 Å². The summed E-state index contributed by atoms with van der Waals surface area (Å²) in [5.74, 6) is 0.329. The van der Waals surface area contributed by atoms with Crippen molar-refractivity contribution in [3.63, 3.8) is 0 Å². The van der Waals surface area contributed by atoms with E-state index in [9.17, 15) is 5.11 Å². The summed E-state index contributed by atoms with van der Waals surface area (Å²) in [6, 6.07) is 15.8. The van der Waals surface area contributed by atoms with Crippen LogP contribution in [0.15, 0.2) is 48.5 Å². The van der Waals surface area contributed by atoms with Gasteiger partial charge in [-0.2, -0.15) is 0 Å². The number of phenols is 1. The number of benzene rings is 2. The number of hydrogen-bond acceptors (Lipinski definition) is 4. The van der Waals surface area contributed by atoms with Crippen LogP contribution in [0.3, 0.4) is 0 Å². The predicted molar refractivity (Wildman–Crippen MR) is 84.9 cm³/mol. The summed E-state index contributed by atoms with van der Waals surface area (Å²) >= 11 is 0. The van der Waals surface area contributed by atoms with Crippen LogP contribution >= 0.6 is 0 Å². The summed E-state index contributed by atoms with van der Waals surface area (Å²) in [6.07, 6.45) is 0. The average molecular weight is 284 g/mol. The smallest absolute Gasteiger partial charge is 0.120 e. The number of ether oxygens (including phenoxy) is 1. The summed E-state index contributed by atoms with van der Waals surface area (Å²) in [5, 5.41) is 13.1. The van der Waals surface area contributed by atoms with Gasteiger partial charge in [0.05, 0.1) is 13.2 Å². The molecule has 0 atom stereocenters. The first kappa shape index (κ1) is 13.8. The number of morpholine rings is 1. The Kier molecular flexibility index (Phi) is 4.26. The molecule has 1 aliphatic heterocycles. The number of aromatic hydroxyl groups is 1. The van der Waals surface area contributed by atoms with Gasteiger partial charge in [0.25, 0.3) is 0 Å². The third-order valence-corrected chi connectivity index (χ3v) is 3.72. The maximum absolute atomic E-state index is 9.74. The molecule has 2 aromatic carbocycles. The molecule has 2 aromatic rings. The Morgan fingerprint density at radius 3 is 2.43 bits per heavy atom. The summed E-state index contributed by atoms with van der Waals surface area (Å²) < 4.78 is 5.37. The molecule has 0 saturated carbocycles. The Labute approximate surface area is 125 Å². The van der Waals surface area contributed by atoms with Gasteiger partial charge in [0, 0.05) is 36.6 Å². The van der Waals surface area contributed by atoms with Crippen LogP contribution in [0.4, 0.5) is 11.4 Å². The maximum atomic E-state index is 9.74. The van der Waals surface area contributed by atoms with Crippen LogP contribution in [0, 0.1) is 0 Å². The van der Waals surface area contributed by atoms with Gasteiger partial charge in [-0.3, -0.25) is 0 Å². The predicted octanol–water partition coefficient (Wildman–Crippen LogP) is 2.84. The molecule has 0 radical (unpaired) electrons. The van der Waals surface area contributed by atoms with Gasteiger partial charge < -0.3 is 20.1 Å². The van der Waals surface area contributed by atoms with E-state index < -0.39 is 0 Å². The molecule has 1 saturated heterocycles. The SMILES string of the molecule is Oc1ccccc1CNc1ccc(N2CCOCC2)cc1. The number of hydrogen-bond donors (Lipinski definition) is 2. The van der Waals surface area contributed by atoms with Crippen LogP contribution in [0.5, 0.6) is 5.75 Å². The quantitative estimate of drug-likeness (QED) is 0.906. The van der Waals surface area contributed by atoms with E-state index in [-0.39, 0.29) is 0 Å². The fourth-order valence-electron chi connectivity index (χ4n) is 2.47. The molecule has 1 heterocycles. The number of nitrogens with one attached hydrogen (secondary N) is 1. The molecule has 0 aromatic heterocycles. The van der Waals surface area contributed by atoms with Crippen LogP contribution in [-0.4, -0.2) is 31.4 Å². The first-order valence-electron chi connectivity index (χ1n) is 7.26. The van der Waals surface area contributed by atoms with Crippen molar-refractivity contribution in [2.24, 2.45) is 0 Å². The largest absolute Gasteiger partial charge is 0.508 e. The van der Waals surface area contributed by atoms with E-state index in [1.807, 2.05) is 18.2 Å². The minimum Gasteiger partial charge on any atom is -0.508 e. The monoisotopic (exact) mass is 284 g/mol. The molecule has 0 amide bonds. The van der Waals surface area contributed by atoms with Gasteiger partial charge in [0.1, 0.15) is 5.75 Å². The van der Waals surface area contributed by atoms with Crippen LogP contribution in [0.1, 0.15) is 5.56 Å². The van der Waals surface area contributed by atoms with Crippen molar-refractivity contribution in [1.29, 1.82) is 0 Å². The highest BCUT2D eigenvalue weighted by Gasteiger charge is 2.10. The third kappa shape index (κ3) is 3.47. The minimum atomic E-state index is 0.329. The second-order valence-corrected chi connectivity index (χ2v) is 5.13. The standard InChI is InChI=1S/C17H20N2O2/c20-17-4-2-1-3-14(17)13-18-15-5-7-16(8-6-15)19-9-11-21-12-10-19/h1-8,18,20H,9-13H2. The van der Waals surface area contributed by atoms with E-state index in [1.165, 1.54) is 5.69 Å². The zero-order valence-electron chi connectivity index (χ0n) is 12.0. The molecule has 110 valence electrons. The topological polar surface area (TPSA) is 44.7 Å². The second-order valence-electron chi connectivity index (χ2n) is 5.13. The summed E-state index contributed by atoms with van der Waals surface area (Å²) in [4.78, 5) is 2.33. The Morgan fingerprint density at radius 1 is 1.00 bits per heavy atom. The molecule has 1 fully saturated rings. The highest BCUT2D eigenvalue weighted by molar-refractivity contribution is 5.55. The van der Waals surface area contributed by atoms with Gasteiger partial charge in [0.2, 0.25) is 0 Å². The van der Waals surface area contributed by atoms with Crippen molar-refractivity contribution >= 4 is 11.4 Å². The third-order valence-electron chi connectivity index (χ3n) is 3.72. The highest BCUT2D eigenvalue weighted by Crippen LogP contribution is 2.21. The highest BCUT2D eigenvalue weighted by atomic mass is 16.5. The van der Waals surface area contributed by atoms with Crippen molar-refractivity contribution in [2.45, 2.75) is 6.54 Å². The van der Waals surface area contributed by atoms with E-state index >= 15 is 0 Å². The number of para-hydroxylation sites is 1. The van der Waals surface area contributed by atoms with Crippen molar-refractivity contribution in [3.05, 3.63) is 54.1 Å². The number of anilines is 2. The van der Waals surface area contributed by atoms with Crippen LogP contribution in [0.25, 0.3) is 0 Å². The Morgan fingerprint density at radius 2 is 1.71 bits per heavy atom. The maximum Gasteiger partial charge on any atom is 0.120 e. The van der Waals surface area contributed by atoms with E-state index in [2.05, 4.69) is 34.5 Å². The molecular weight excluding hydrogens is 264 g/mol. The first-order valence-corrected chi connectivity index (χ1v) is 7.26. The molecule has 0 unspecified atom stereocenters. The lowest BCUT2D eigenvalue weighted by atomic mass is 10.2.